The van der Waals surface area contributed by atoms with Crippen LogP contribution < -0.4 is 0 Å². The maximum Gasteiger partial charge on any atom is 0.164 e. The monoisotopic (exact) mass is 515 g/mol. The van der Waals surface area contributed by atoms with Gasteiger partial charge < -0.3 is 0 Å². The predicted molar refractivity (Wildman–Crippen MR) is 164 cm³/mol. The predicted octanol–water partition coefficient (Wildman–Crippen LogP) is 9.55. The van der Waals surface area contributed by atoms with Gasteiger partial charge in [-0.1, -0.05) is 109 Å². The van der Waals surface area contributed by atoms with Crippen LogP contribution in [0.2, 0.25) is 0 Å². The lowest BCUT2D eigenvalue weighted by Crippen LogP contribution is -2.00. The molecule has 4 heteroatoms. The molecule has 0 aliphatic carbocycles. The quantitative estimate of drug-likeness (QED) is 0.220. The van der Waals surface area contributed by atoms with Gasteiger partial charge in [0.05, 0.1) is 0 Å². The molecule has 0 amide bonds. The van der Waals surface area contributed by atoms with Crippen molar-refractivity contribution in [3.05, 3.63) is 127 Å². The van der Waals surface area contributed by atoms with Crippen LogP contribution in [0, 0.1) is 0 Å². The second-order valence-electron chi connectivity index (χ2n) is 9.64. The van der Waals surface area contributed by atoms with Crippen molar-refractivity contribution in [2.45, 2.75) is 0 Å². The molecule has 0 aliphatic rings. The summed E-state index contributed by atoms with van der Waals surface area (Å²) < 4.78 is 2.59. The van der Waals surface area contributed by atoms with Crippen molar-refractivity contribution in [2.75, 3.05) is 0 Å². The van der Waals surface area contributed by atoms with Gasteiger partial charge in [0.1, 0.15) is 0 Å². The van der Waals surface area contributed by atoms with Gasteiger partial charge >= 0.3 is 0 Å². The van der Waals surface area contributed by atoms with Crippen molar-refractivity contribution in [3.8, 4) is 34.2 Å². The molecule has 0 atom stereocenters. The van der Waals surface area contributed by atoms with Crippen LogP contribution in [0.4, 0.5) is 0 Å². The van der Waals surface area contributed by atoms with E-state index in [1.54, 1.807) is 0 Å². The molecule has 8 rings (SSSR count). The molecular weight excluding hydrogens is 494 g/mol. The zero-order chi connectivity index (χ0) is 25.8. The molecular formula is C35H21N3S. The number of aromatic nitrogens is 3. The molecule has 0 saturated heterocycles. The van der Waals surface area contributed by atoms with E-state index in [1.807, 2.05) is 72.0 Å². The van der Waals surface area contributed by atoms with Crippen LogP contribution in [-0.4, -0.2) is 15.0 Å². The summed E-state index contributed by atoms with van der Waals surface area (Å²) in [5.41, 5.74) is 2.95. The Balaban J connectivity index is 1.50. The summed E-state index contributed by atoms with van der Waals surface area (Å²) >= 11 is 1.84. The molecule has 2 heterocycles. The Hall–Kier alpha value is -4.93. The molecule has 3 nitrogen and oxygen atoms in total. The minimum atomic E-state index is 0.669. The SMILES string of the molecule is c1ccc(-c2nc(-c3ccccc3)nc(-c3cc4ccccc4c4c3ccc3sc5ccccc5c34)n2)cc1. The molecule has 0 radical (unpaired) electrons. The van der Waals surface area contributed by atoms with E-state index < -0.39 is 0 Å². The fourth-order valence-electron chi connectivity index (χ4n) is 5.52. The highest BCUT2D eigenvalue weighted by Gasteiger charge is 2.18. The summed E-state index contributed by atoms with van der Waals surface area (Å²) in [5, 5.41) is 7.40. The van der Waals surface area contributed by atoms with E-state index in [2.05, 4.69) is 66.7 Å². The first-order chi connectivity index (χ1) is 19.3. The van der Waals surface area contributed by atoms with Gasteiger partial charge in [-0.25, -0.2) is 15.0 Å². The summed E-state index contributed by atoms with van der Waals surface area (Å²) in [5.74, 6) is 2.02. The van der Waals surface area contributed by atoms with E-state index in [-0.39, 0.29) is 0 Å². The van der Waals surface area contributed by atoms with Crippen molar-refractivity contribution in [2.24, 2.45) is 0 Å². The van der Waals surface area contributed by atoms with E-state index >= 15 is 0 Å². The number of benzene rings is 6. The maximum absolute atomic E-state index is 5.07. The summed E-state index contributed by atoms with van der Waals surface area (Å²) in [6.45, 7) is 0. The molecule has 182 valence electrons. The average molecular weight is 516 g/mol. The maximum atomic E-state index is 5.07. The van der Waals surface area contributed by atoms with Crippen molar-refractivity contribution < 1.29 is 0 Å². The Bertz CT molecular complexity index is 2110. The Morgan fingerprint density at radius 2 is 1.00 bits per heavy atom. The zero-order valence-corrected chi connectivity index (χ0v) is 21.7. The van der Waals surface area contributed by atoms with Gasteiger partial charge in [0.15, 0.2) is 17.5 Å². The first-order valence-electron chi connectivity index (χ1n) is 13.0. The molecule has 2 aromatic heterocycles. The lowest BCUT2D eigenvalue weighted by molar-refractivity contribution is 1.08. The largest absolute Gasteiger partial charge is 0.208 e. The Morgan fingerprint density at radius 1 is 0.410 bits per heavy atom. The number of fused-ring (bicyclic) bond motifs is 7. The van der Waals surface area contributed by atoms with Crippen molar-refractivity contribution in [1.82, 2.24) is 15.0 Å². The molecule has 8 aromatic rings. The van der Waals surface area contributed by atoms with Crippen molar-refractivity contribution >= 4 is 53.1 Å². The third-order valence-corrected chi connectivity index (χ3v) is 8.44. The van der Waals surface area contributed by atoms with E-state index in [9.17, 15) is 0 Å². The molecule has 0 spiro atoms. The number of hydrogen-bond acceptors (Lipinski definition) is 4. The molecule has 39 heavy (non-hydrogen) atoms. The van der Waals surface area contributed by atoms with Gasteiger partial charge in [0.25, 0.3) is 0 Å². The van der Waals surface area contributed by atoms with Gasteiger partial charge in [0.2, 0.25) is 0 Å². The van der Waals surface area contributed by atoms with Crippen LogP contribution in [0.5, 0.6) is 0 Å². The summed E-state index contributed by atoms with van der Waals surface area (Å²) in [6, 6.07) is 44.3. The van der Waals surface area contributed by atoms with Gasteiger partial charge in [-0.05, 0) is 39.7 Å². The third kappa shape index (κ3) is 3.61. The van der Waals surface area contributed by atoms with Crippen LogP contribution in [-0.2, 0) is 0 Å². The lowest BCUT2D eigenvalue weighted by Gasteiger charge is -2.13. The Morgan fingerprint density at radius 3 is 1.72 bits per heavy atom. The highest BCUT2D eigenvalue weighted by atomic mass is 32.1. The highest BCUT2D eigenvalue weighted by Crippen LogP contribution is 2.44. The van der Waals surface area contributed by atoms with E-state index in [0.29, 0.717) is 17.5 Å². The van der Waals surface area contributed by atoms with Crippen LogP contribution >= 0.6 is 11.3 Å². The minimum Gasteiger partial charge on any atom is -0.208 e. The number of hydrogen-bond donors (Lipinski definition) is 0. The Labute approximate surface area is 229 Å². The lowest BCUT2D eigenvalue weighted by atomic mass is 9.93. The summed E-state index contributed by atoms with van der Waals surface area (Å²) in [7, 11) is 0. The fourth-order valence-corrected chi connectivity index (χ4v) is 6.63. The van der Waals surface area contributed by atoms with Crippen LogP contribution in [0.3, 0.4) is 0 Å². The number of rotatable bonds is 3. The number of thiophene rings is 1. The molecule has 0 unspecified atom stereocenters. The second kappa shape index (κ2) is 8.83. The van der Waals surface area contributed by atoms with Crippen LogP contribution in [0.1, 0.15) is 0 Å². The minimum absolute atomic E-state index is 0.669. The smallest absolute Gasteiger partial charge is 0.164 e. The van der Waals surface area contributed by atoms with E-state index in [1.165, 1.54) is 36.3 Å². The van der Waals surface area contributed by atoms with Gasteiger partial charge in [0, 0.05) is 36.9 Å². The highest BCUT2D eigenvalue weighted by molar-refractivity contribution is 7.26. The molecule has 0 fully saturated rings. The topological polar surface area (TPSA) is 38.7 Å². The third-order valence-electron chi connectivity index (χ3n) is 7.30. The normalized spacial score (nSPS) is 11.6. The summed E-state index contributed by atoms with van der Waals surface area (Å²) in [6.07, 6.45) is 0. The van der Waals surface area contributed by atoms with E-state index in [0.717, 1.165) is 22.1 Å². The zero-order valence-electron chi connectivity index (χ0n) is 20.9. The standard InChI is InChI=1S/C35H21N3S/c1-3-11-22(12-4-1)33-36-34(23-13-5-2-6-14-23)38-35(37-33)28-21-24-15-7-8-16-25(24)31-26(28)19-20-30-32(31)27-17-9-10-18-29(27)39-30/h1-21H. The van der Waals surface area contributed by atoms with Crippen LogP contribution in [0.25, 0.3) is 75.9 Å². The first-order valence-corrected chi connectivity index (χ1v) is 13.8. The average Bonchev–Trinajstić information content (AvgIpc) is 3.40. The van der Waals surface area contributed by atoms with Crippen molar-refractivity contribution in [3.63, 3.8) is 0 Å². The second-order valence-corrected chi connectivity index (χ2v) is 10.7. The van der Waals surface area contributed by atoms with Gasteiger partial charge in [-0.15, -0.1) is 11.3 Å². The van der Waals surface area contributed by atoms with Crippen molar-refractivity contribution in [1.29, 1.82) is 0 Å². The van der Waals surface area contributed by atoms with Gasteiger partial charge in [-0.3, -0.25) is 0 Å². The molecule has 0 bridgehead atoms. The first kappa shape index (κ1) is 22.1. The van der Waals surface area contributed by atoms with Gasteiger partial charge in [-0.2, -0.15) is 0 Å². The molecule has 0 aliphatic heterocycles. The van der Waals surface area contributed by atoms with Crippen LogP contribution in [0.15, 0.2) is 127 Å². The van der Waals surface area contributed by atoms with E-state index in [4.69, 9.17) is 15.0 Å². The summed E-state index contributed by atoms with van der Waals surface area (Å²) in [4.78, 5) is 15.0. The molecule has 0 N–H and O–H groups in total. The molecule has 0 saturated carbocycles. The number of nitrogens with zero attached hydrogens (tertiary/aromatic N) is 3. The molecule has 6 aromatic carbocycles. The Kier molecular flexibility index (Phi) is 5.00. The fraction of sp³-hybridized carbons (Fsp3) is 0.